The number of rotatable bonds is 6. The first-order valence-corrected chi connectivity index (χ1v) is 6.97. The molecule has 0 aromatic heterocycles. The summed E-state index contributed by atoms with van der Waals surface area (Å²) in [6.45, 7) is 11.1. The number of hydrogen-bond donors (Lipinski definition) is 0. The van der Waals surface area contributed by atoms with E-state index in [1.165, 1.54) is 0 Å². The van der Waals surface area contributed by atoms with Gasteiger partial charge in [0, 0.05) is 17.9 Å². The number of aliphatic carboxylic acids is 3. The van der Waals surface area contributed by atoms with Gasteiger partial charge in [-0.05, 0) is 37.0 Å². The molecule has 6 nitrogen and oxygen atoms in total. The molecule has 0 N–H and O–H groups in total. The second kappa shape index (κ2) is 18.8. The Bertz CT molecular complexity index is 253. The third-order valence-electron chi connectivity index (χ3n) is 1.72. The molecule has 0 heterocycles. The van der Waals surface area contributed by atoms with Crippen molar-refractivity contribution in [2.45, 2.75) is 60.8 Å². The predicted molar refractivity (Wildman–Crippen MR) is 73.4 cm³/mol. The van der Waals surface area contributed by atoms with Crippen molar-refractivity contribution in [3.8, 4) is 0 Å². The molecule has 7 heteroatoms. The van der Waals surface area contributed by atoms with Crippen LogP contribution >= 0.6 is 0 Å². The van der Waals surface area contributed by atoms with Crippen LogP contribution in [0, 0.1) is 58.1 Å². The molecule has 0 bridgehead atoms. The molecule has 0 saturated carbocycles. The maximum atomic E-state index is 9.70. The first-order chi connectivity index (χ1) is 9.38. The average molecular weight is 454 g/mol. The van der Waals surface area contributed by atoms with Gasteiger partial charge in [-0.3, -0.25) is 0 Å². The Balaban J connectivity index is -0.000000108. The molecule has 0 unspecified atom stereocenters. The van der Waals surface area contributed by atoms with Crippen LogP contribution in [0.5, 0.6) is 0 Å². The Hall–Kier alpha value is -0.252. The van der Waals surface area contributed by atoms with Gasteiger partial charge >= 0.3 is 40.4 Å². The molecule has 0 saturated heterocycles. The van der Waals surface area contributed by atoms with Crippen molar-refractivity contribution in [1.82, 2.24) is 0 Å². The number of carboxylic acids is 3. The van der Waals surface area contributed by atoms with Crippen molar-refractivity contribution < 1.29 is 70.1 Å². The minimum absolute atomic E-state index is 0. The molecule has 0 amide bonds. The van der Waals surface area contributed by atoms with Gasteiger partial charge in [-0.2, -0.15) is 0 Å². The van der Waals surface area contributed by atoms with E-state index in [9.17, 15) is 29.7 Å². The van der Waals surface area contributed by atoms with Gasteiger partial charge in [-0.1, -0.05) is 41.5 Å². The predicted octanol–water partition coefficient (Wildman–Crippen LogP) is -0.653. The molecule has 0 spiro atoms. The van der Waals surface area contributed by atoms with Crippen LogP contribution in [0.25, 0.3) is 0 Å². The number of carbonyl (C=O) groups excluding carboxylic acids is 3. The summed E-state index contributed by atoms with van der Waals surface area (Å²) in [6, 6.07) is 0. The fourth-order valence-corrected chi connectivity index (χ4v) is 1.00. The van der Waals surface area contributed by atoms with Crippen LogP contribution in [0.1, 0.15) is 60.8 Å². The van der Waals surface area contributed by atoms with Gasteiger partial charge < -0.3 is 29.7 Å². The Morgan fingerprint density at radius 2 is 0.727 bits per heavy atom. The van der Waals surface area contributed by atoms with Crippen LogP contribution in [0.15, 0.2) is 0 Å². The summed E-state index contributed by atoms with van der Waals surface area (Å²) >= 11 is 0. The zero-order valence-corrected chi connectivity index (χ0v) is 16.8. The molecule has 0 atom stereocenters. The third-order valence-corrected chi connectivity index (χ3v) is 1.72. The second-order valence-corrected chi connectivity index (χ2v) is 5.91. The van der Waals surface area contributed by atoms with E-state index in [2.05, 4.69) is 0 Å². The van der Waals surface area contributed by atoms with Crippen LogP contribution in [0.4, 0.5) is 0 Å². The van der Waals surface area contributed by atoms with Crippen LogP contribution in [0.3, 0.4) is 0 Å². The maximum Gasteiger partial charge on any atom is 3.00 e. The van der Waals surface area contributed by atoms with E-state index < -0.39 is 17.9 Å². The molecular weight excluding hydrogens is 427 g/mol. The smallest absolute Gasteiger partial charge is 0.550 e. The molecule has 0 aromatic carbocycles. The second-order valence-electron chi connectivity index (χ2n) is 5.91. The fraction of sp³-hybridized carbons (Fsp3) is 0.800. The molecule has 22 heavy (non-hydrogen) atoms. The van der Waals surface area contributed by atoms with E-state index in [4.69, 9.17) is 0 Å². The third kappa shape index (κ3) is 50.3. The van der Waals surface area contributed by atoms with Crippen molar-refractivity contribution >= 4 is 17.9 Å². The largest absolute Gasteiger partial charge is 3.00 e. The average Bonchev–Trinajstić information content (AvgIpc) is 2.10. The molecule has 0 aliphatic heterocycles. The molecule has 0 aliphatic rings. The molecule has 0 aromatic rings. The molecule has 0 rings (SSSR count). The van der Waals surface area contributed by atoms with Gasteiger partial charge in [0.2, 0.25) is 0 Å². The maximum absolute atomic E-state index is 9.70. The van der Waals surface area contributed by atoms with Gasteiger partial charge in [0.25, 0.3) is 0 Å². The summed E-state index contributed by atoms with van der Waals surface area (Å²) in [5.41, 5.74) is 0. The molecule has 1 radical (unpaired) electrons. The van der Waals surface area contributed by atoms with E-state index >= 15 is 0 Å². The van der Waals surface area contributed by atoms with E-state index in [1.807, 2.05) is 41.5 Å². The first kappa shape index (κ1) is 29.7. The molecule has 0 fully saturated rings. The molecule has 0 aliphatic carbocycles. The number of hydrogen-bond acceptors (Lipinski definition) is 6. The van der Waals surface area contributed by atoms with E-state index in [0.29, 0.717) is 0 Å². The number of carbonyl (C=O) groups is 3. The van der Waals surface area contributed by atoms with Gasteiger partial charge in [0.15, 0.2) is 0 Å². The van der Waals surface area contributed by atoms with E-state index in [1.54, 1.807) is 0 Å². The standard InChI is InChI=1S/3C5H10O2.Sm/c3*1-4(2)3-5(6)7;/h3*4H,3H2,1-2H3,(H,6,7);/q;;;+3/p-3. The van der Waals surface area contributed by atoms with Gasteiger partial charge in [0.05, 0.1) is 0 Å². The van der Waals surface area contributed by atoms with Crippen LogP contribution in [0.2, 0.25) is 0 Å². The van der Waals surface area contributed by atoms with Crippen molar-refractivity contribution in [2.24, 2.45) is 17.8 Å². The fourth-order valence-electron chi connectivity index (χ4n) is 1.00. The monoisotopic (exact) mass is 455 g/mol. The summed E-state index contributed by atoms with van der Waals surface area (Å²) in [7, 11) is 0. The Kier molecular flexibility index (Phi) is 25.4. The van der Waals surface area contributed by atoms with Crippen molar-refractivity contribution in [2.75, 3.05) is 0 Å². The Morgan fingerprint density at radius 1 is 0.591 bits per heavy atom. The van der Waals surface area contributed by atoms with Gasteiger partial charge in [-0.25, -0.2) is 0 Å². The van der Waals surface area contributed by atoms with Crippen LogP contribution in [-0.2, 0) is 14.4 Å². The summed E-state index contributed by atoms with van der Waals surface area (Å²) < 4.78 is 0. The minimum Gasteiger partial charge on any atom is -0.550 e. The Labute approximate surface area is 165 Å². The SMILES string of the molecule is CC(C)CC(=O)[O-].CC(C)CC(=O)[O-].CC(C)CC(=O)[O-].[Sm+3]. The topological polar surface area (TPSA) is 120 Å². The quantitative estimate of drug-likeness (QED) is 0.527. The van der Waals surface area contributed by atoms with Crippen LogP contribution in [-0.4, -0.2) is 17.9 Å². The van der Waals surface area contributed by atoms with E-state index in [0.717, 1.165) is 0 Å². The normalized spacial score (nSPS) is 9.14. The van der Waals surface area contributed by atoms with E-state index in [-0.39, 0.29) is 77.4 Å². The summed E-state index contributed by atoms with van der Waals surface area (Å²) in [4.78, 5) is 29.1. The molecular formula is C15H27O6Sm. The first-order valence-electron chi connectivity index (χ1n) is 6.97. The van der Waals surface area contributed by atoms with Gasteiger partial charge in [0.1, 0.15) is 0 Å². The van der Waals surface area contributed by atoms with Crippen molar-refractivity contribution in [1.29, 1.82) is 0 Å². The van der Waals surface area contributed by atoms with Crippen molar-refractivity contribution in [3.05, 3.63) is 0 Å². The zero-order valence-electron chi connectivity index (χ0n) is 14.2. The summed E-state index contributed by atoms with van der Waals surface area (Å²) in [6.07, 6.45) is 0.500. The van der Waals surface area contributed by atoms with Gasteiger partial charge in [-0.15, -0.1) is 0 Å². The van der Waals surface area contributed by atoms with Crippen molar-refractivity contribution in [3.63, 3.8) is 0 Å². The van der Waals surface area contributed by atoms with Crippen LogP contribution < -0.4 is 15.3 Å². The molecule has 129 valence electrons. The number of carboxylic acid groups (broad SMARTS) is 3. The summed E-state index contributed by atoms with van der Waals surface area (Å²) in [5.74, 6) is -2.25. The minimum atomic E-state index is -0.963. The summed E-state index contributed by atoms with van der Waals surface area (Å²) in [5, 5.41) is 29.1. The Morgan fingerprint density at radius 3 is 0.727 bits per heavy atom. The zero-order chi connectivity index (χ0) is 17.6.